The molecule has 0 bridgehead atoms. The number of methoxy groups -OCH3 is 1. The van der Waals surface area contributed by atoms with Crippen LogP contribution in [0.1, 0.15) is 11.1 Å². The van der Waals surface area contributed by atoms with Crippen molar-refractivity contribution in [1.82, 2.24) is 5.32 Å². The molecular formula is C18H14Br2N2O3. The van der Waals surface area contributed by atoms with Gasteiger partial charge in [-0.2, -0.15) is 5.26 Å². The van der Waals surface area contributed by atoms with E-state index >= 15 is 0 Å². The Bertz CT molecular complexity index is 859. The van der Waals surface area contributed by atoms with E-state index in [0.29, 0.717) is 21.1 Å². The minimum Gasteiger partial charge on any atom is -0.503 e. The Morgan fingerprint density at radius 2 is 2.00 bits per heavy atom. The molecule has 7 heteroatoms. The predicted octanol–water partition coefficient (Wildman–Crippen LogP) is 4.15. The maximum absolute atomic E-state index is 12.3. The van der Waals surface area contributed by atoms with Crippen molar-refractivity contribution in [1.29, 1.82) is 5.26 Å². The fraction of sp³-hybridized carbons (Fsp3) is 0.111. The van der Waals surface area contributed by atoms with E-state index in [4.69, 9.17) is 4.74 Å². The summed E-state index contributed by atoms with van der Waals surface area (Å²) in [5, 5.41) is 22.0. The lowest BCUT2D eigenvalue weighted by Gasteiger charge is -2.10. The Labute approximate surface area is 162 Å². The summed E-state index contributed by atoms with van der Waals surface area (Å²) in [5.41, 5.74) is 1.40. The second-order valence-corrected chi connectivity index (χ2v) is 6.57. The van der Waals surface area contributed by atoms with Crippen LogP contribution in [0.25, 0.3) is 6.08 Å². The highest BCUT2D eigenvalue weighted by Crippen LogP contribution is 2.42. The molecule has 128 valence electrons. The topological polar surface area (TPSA) is 82.3 Å². The number of nitriles is 1. The number of ether oxygens (including phenoxy) is 1. The first-order valence-electron chi connectivity index (χ1n) is 7.16. The first-order chi connectivity index (χ1) is 12.0. The molecule has 0 aliphatic rings. The van der Waals surface area contributed by atoms with Gasteiger partial charge in [0.2, 0.25) is 0 Å². The molecule has 2 aromatic carbocycles. The quantitative estimate of drug-likeness (QED) is 0.513. The monoisotopic (exact) mass is 464 g/mol. The van der Waals surface area contributed by atoms with E-state index in [1.54, 1.807) is 0 Å². The van der Waals surface area contributed by atoms with E-state index in [1.165, 1.54) is 19.3 Å². The van der Waals surface area contributed by atoms with Crippen molar-refractivity contribution in [2.45, 2.75) is 6.54 Å². The van der Waals surface area contributed by atoms with Crippen molar-refractivity contribution >= 4 is 43.8 Å². The summed E-state index contributed by atoms with van der Waals surface area (Å²) in [6, 6.07) is 12.8. The third-order valence-electron chi connectivity index (χ3n) is 3.35. The van der Waals surface area contributed by atoms with Gasteiger partial charge >= 0.3 is 0 Å². The molecule has 0 saturated heterocycles. The van der Waals surface area contributed by atoms with E-state index < -0.39 is 5.91 Å². The Hall–Kier alpha value is -2.30. The maximum Gasteiger partial charge on any atom is 0.262 e. The highest BCUT2D eigenvalue weighted by Gasteiger charge is 2.16. The molecule has 0 heterocycles. The fourth-order valence-corrected chi connectivity index (χ4v) is 2.89. The van der Waals surface area contributed by atoms with Crippen LogP contribution in [0, 0.1) is 11.3 Å². The van der Waals surface area contributed by atoms with Crippen molar-refractivity contribution in [2.75, 3.05) is 7.11 Å². The third-order valence-corrected chi connectivity index (χ3v) is 5.51. The lowest BCUT2D eigenvalue weighted by Crippen LogP contribution is -2.23. The molecule has 1 amide bonds. The summed E-state index contributed by atoms with van der Waals surface area (Å²) in [4.78, 5) is 12.3. The van der Waals surface area contributed by atoms with Gasteiger partial charge in [0, 0.05) is 11.0 Å². The lowest BCUT2D eigenvalue weighted by molar-refractivity contribution is -0.117. The van der Waals surface area contributed by atoms with Crippen LogP contribution in [0.2, 0.25) is 0 Å². The predicted molar refractivity (Wildman–Crippen MR) is 102 cm³/mol. The fourth-order valence-electron chi connectivity index (χ4n) is 2.05. The van der Waals surface area contributed by atoms with Crippen LogP contribution < -0.4 is 10.1 Å². The Morgan fingerprint density at radius 3 is 2.60 bits per heavy atom. The molecule has 0 radical (unpaired) electrons. The first-order valence-corrected chi connectivity index (χ1v) is 8.75. The van der Waals surface area contributed by atoms with Crippen molar-refractivity contribution in [3.05, 3.63) is 62.0 Å². The number of aromatic hydroxyl groups is 1. The Balaban J connectivity index is 2.27. The number of halogens is 2. The van der Waals surface area contributed by atoms with Crippen LogP contribution in [-0.4, -0.2) is 18.1 Å². The van der Waals surface area contributed by atoms with E-state index in [2.05, 4.69) is 37.2 Å². The molecule has 0 aliphatic heterocycles. The van der Waals surface area contributed by atoms with Gasteiger partial charge in [0.25, 0.3) is 5.91 Å². The molecule has 5 nitrogen and oxygen atoms in total. The van der Waals surface area contributed by atoms with Crippen LogP contribution in [0.15, 0.2) is 50.9 Å². The first kappa shape index (κ1) is 19.0. The summed E-state index contributed by atoms with van der Waals surface area (Å²) in [7, 11) is 1.42. The number of nitrogens with zero attached hydrogens (tertiary/aromatic N) is 1. The molecule has 25 heavy (non-hydrogen) atoms. The highest BCUT2D eigenvalue weighted by atomic mass is 79.9. The smallest absolute Gasteiger partial charge is 0.262 e. The van der Waals surface area contributed by atoms with Gasteiger partial charge in [0.05, 0.1) is 11.6 Å². The van der Waals surface area contributed by atoms with Gasteiger partial charge in [-0.3, -0.25) is 4.79 Å². The highest BCUT2D eigenvalue weighted by molar-refractivity contribution is 9.13. The number of benzene rings is 2. The molecule has 2 N–H and O–H groups in total. The molecular weight excluding hydrogens is 452 g/mol. The average Bonchev–Trinajstić information content (AvgIpc) is 2.64. The molecule has 0 atom stereocenters. The number of carbonyl (C=O) groups excluding carboxylic acids is 1. The molecule has 2 rings (SSSR count). The molecule has 0 unspecified atom stereocenters. The largest absolute Gasteiger partial charge is 0.503 e. The number of hydrogen-bond donors (Lipinski definition) is 2. The third kappa shape index (κ3) is 4.62. The summed E-state index contributed by atoms with van der Waals surface area (Å²) in [5.74, 6) is -0.330. The zero-order valence-electron chi connectivity index (χ0n) is 13.2. The maximum atomic E-state index is 12.3. The van der Waals surface area contributed by atoms with Gasteiger partial charge < -0.3 is 15.2 Å². The molecule has 0 aliphatic carbocycles. The van der Waals surface area contributed by atoms with Gasteiger partial charge in [-0.05, 0) is 55.1 Å². The summed E-state index contributed by atoms with van der Waals surface area (Å²) in [6.45, 7) is 0.322. The second kappa shape index (κ2) is 8.70. The molecule has 2 aromatic rings. The number of carbonyl (C=O) groups is 1. The van der Waals surface area contributed by atoms with Gasteiger partial charge in [-0.25, -0.2) is 0 Å². The number of hydrogen-bond acceptors (Lipinski definition) is 4. The van der Waals surface area contributed by atoms with E-state index in [9.17, 15) is 15.2 Å². The number of phenols is 1. The zero-order valence-corrected chi connectivity index (χ0v) is 16.4. The summed E-state index contributed by atoms with van der Waals surface area (Å²) >= 11 is 6.57. The number of rotatable bonds is 5. The van der Waals surface area contributed by atoms with Gasteiger partial charge in [0.1, 0.15) is 11.6 Å². The van der Waals surface area contributed by atoms with Crippen LogP contribution in [0.3, 0.4) is 0 Å². The lowest BCUT2D eigenvalue weighted by atomic mass is 10.1. The van der Waals surface area contributed by atoms with Crippen molar-refractivity contribution in [3.63, 3.8) is 0 Å². The molecule has 0 spiro atoms. The van der Waals surface area contributed by atoms with E-state index in [0.717, 1.165) is 5.56 Å². The van der Waals surface area contributed by atoms with E-state index in [1.807, 2.05) is 36.4 Å². The minimum atomic E-state index is -0.485. The van der Waals surface area contributed by atoms with Crippen LogP contribution in [0.4, 0.5) is 0 Å². The van der Waals surface area contributed by atoms with Crippen molar-refractivity contribution < 1.29 is 14.6 Å². The van der Waals surface area contributed by atoms with Crippen molar-refractivity contribution in [2.24, 2.45) is 0 Å². The van der Waals surface area contributed by atoms with E-state index in [-0.39, 0.29) is 17.1 Å². The van der Waals surface area contributed by atoms with Crippen LogP contribution in [-0.2, 0) is 11.3 Å². The Kier molecular flexibility index (Phi) is 6.62. The van der Waals surface area contributed by atoms with Crippen LogP contribution >= 0.6 is 31.9 Å². The second-order valence-electron chi connectivity index (χ2n) is 4.98. The average molecular weight is 466 g/mol. The van der Waals surface area contributed by atoms with Gasteiger partial charge in [0.15, 0.2) is 11.5 Å². The SMILES string of the molecule is COc1cc(C=C(C#N)C(=O)NCc2ccccc2)c(Br)c(Br)c1O. The Morgan fingerprint density at radius 1 is 1.32 bits per heavy atom. The zero-order chi connectivity index (χ0) is 18.4. The minimum absolute atomic E-state index is 0.0590. The summed E-state index contributed by atoms with van der Waals surface area (Å²) < 4.78 is 5.97. The van der Waals surface area contributed by atoms with Gasteiger partial charge in [-0.1, -0.05) is 30.3 Å². The number of nitrogens with one attached hydrogen (secondary N) is 1. The van der Waals surface area contributed by atoms with Crippen molar-refractivity contribution in [3.8, 4) is 17.6 Å². The van der Waals surface area contributed by atoms with Crippen LogP contribution in [0.5, 0.6) is 11.5 Å². The normalized spacial score (nSPS) is 10.9. The van der Waals surface area contributed by atoms with Gasteiger partial charge in [-0.15, -0.1) is 0 Å². The molecule has 0 saturated carbocycles. The number of amides is 1. The number of phenolic OH excluding ortho intramolecular Hbond substituents is 1. The standard InChI is InChI=1S/C18H14Br2N2O3/c1-25-14-8-12(15(19)16(20)17(14)23)7-13(9-21)18(24)22-10-11-5-3-2-4-6-11/h2-8,23H,10H2,1H3,(H,22,24). The molecule has 0 fully saturated rings. The summed E-state index contributed by atoms with van der Waals surface area (Å²) in [6.07, 6.45) is 1.43. The molecule has 0 aromatic heterocycles.